The van der Waals surface area contributed by atoms with Gasteiger partial charge in [0.05, 0.1) is 12.2 Å². The summed E-state index contributed by atoms with van der Waals surface area (Å²) in [6, 6.07) is 15.4. The van der Waals surface area contributed by atoms with E-state index in [1.165, 1.54) is 0 Å². The zero-order valence-electron chi connectivity index (χ0n) is 14.1. The molecule has 0 saturated heterocycles. The summed E-state index contributed by atoms with van der Waals surface area (Å²) >= 11 is 0. The Kier molecular flexibility index (Phi) is 4.30. The molecular weight excluding hydrogens is 300 g/mol. The molecule has 0 saturated carbocycles. The van der Waals surface area contributed by atoms with Gasteiger partial charge in [-0.3, -0.25) is 4.79 Å². The molecule has 0 aliphatic carbocycles. The molecule has 0 spiro atoms. The molecule has 1 amide bonds. The summed E-state index contributed by atoms with van der Waals surface area (Å²) in [5, 5.41) is 3.53. The van der Waals surface area contributed by atoms with Gasteiger partial charge in [-0.05, 0) is 38.1 Å². The smallest absolute Gasteiger partial charge is 0.258 e. The fourth-order valence-corrected chi connectivity index (χ4v) is 3.13. The minimum Gasteiger partial charge on any atom is -0.494 e. The first-order valence-electron chi connectivity index (χ1n) is 8.13. The number of anilines is 1. The van der Waals surface area contributed by atoms with Crippen LogP contribution in [0.1, 0.15) is 29.8 Å². The van der Waals surface area contributed by atoms with Gasteiger partial charge in [0.25, 0.3) is 5.91 Å². The molecule has 0 aromatic heterocycles. The first-order valence-corrected chi connectivity index (χ1v) is 8.13. The number of carbonyl (C=O) groups is 1. The Labute approximate surface area is 142 Å². The van der Waals surface area contributed by atoms with Crippen LogP contribution in [0.15, 0.2) is 61.2 Å². The Balaban J connectivity index is 2.10. The lowest BCUT2D eigenvalue weighted by Crippen LogP contribution is -2.55. The summed E-state index contributed by atoms with van der Waals surface area (Å²) in [6.07, 6.45) is 1.75. The topological polar surface area (TPSA) is 41.6 Å². The molecule has 1 unspecified atom stereocenters. The summed E-state index contributed by atoms with van der Waals surface area (Å²) in [7, 11) is 0. The molecular formula is C20H22N2O2. The summed E-state index contributed by atoms with van der Waals surface area (Å²) in [5.41, 5.74) is 1.82. The molecule has 1 aliphatic rings. The fraction of sp³-hybridized carbons (Fsp3) is 0.250. The number of amides is 1. The molecule has 24 heavy (non-hydrogen) atoms. The van der Waals surface area contributed by atoms with Crippen molar-refractivity contribution in [1.82, 2.24) is 4.90 Å². The highest BCUT2D eigenvalue weighted by atomic mass is 16.5. The normalized spacial score (nSPS) is 19.4. The van der Waals surface area contributed by atoms with Gasteiger partial charge in [0.2, 0.25) is 0 Å². The lowest BCUT2D eigenvalue weighted by atomic mass is 9.93. The van der Waals surface area contributed by atoms with Crippen LogP contribution >= 0.6 is 0 Å². The van der Waals surface area contributed by atoms with E-state index < -0.39 is 5.66 Å². The van der Waals surface area contributed by atoms with Gasteiger partial charge in [0.15, 0.2) is 0 Å². The van der Waals surface area contributed by atoms with Crippen molar-refractivity contribution in [3.05, 3.63) is 72.3 Å². The van der Waals surface area contributed by atoms with Gasteiger partial charge in [-0.25, -0.2) is 0 Å². The van der Waals surface area contributed by atoms with E-state index in [2.05, 4.69) is 11.9 Å². The second-order valence-corrected chi connectivity index (χ2v) is 5.91. The van der Waals surface area contributed by atoms with Crippen molar-refractivity contribution < 1.29 is 9.53 Å². The van der Waals surface area contributed by atoms with E-state index in [1.54, 1.807) is 11.0 Å². The van der Waals surface area contributed by atoms with E-state index in [4.69, 9.17) is 4.74 Å². The number of ether oxygens (including phenoxy) is 1. The molecule has 4 nitrogen and oxygen atoms in total. The van der Waals surface area contributed by atoms with Crippen LogP contribution in [-0.4, -0.2) is 24.0 Å². The molecule has 4 heteroatoms. The molecule has 2 aromatic rings. The van der Waals surface area contributed by atoms with Crippen LogP contribution in [-0.2, 0) is 5.66 Å². The van der Waals surface area contributed by atoms with Gasteiger partial charge in [-0.15, -0.1) is 6.58 Å². The Bertz CT molecular complexity index is 772. The van der Waals surface area contributed by atoms with E-state index in [0.29, 0.717) is 18.7 Å². The van der Waals surface area contributed by atoms with Gasteiger partial charge in [-0.1, -0.05) is 30.3 Å². The molecule has 3 rings (SSSR count). The fourth-order valence-electron chi connectivity index (χ4n) is 3.13. The second-order valence-electron chi connectivity index (χ2n) is 5.91. The van der Waals surface area contributed by atoms with Crippen molar-refractivity contribution in [2.75, 3.05) is 18.5 Å². The van der Waals surface area contributed by atoms with Gasteiger partial charge in [-0.2, -0.15) is 0 Å². The summed E-state index contributed by atoms with van der Waals surface area (Å²) in [5.74, 6) is 0.788. The van der Waals surface area contributed by atoms with Crippen molar-refractivity contribution in [3.8, 4) is 5.75 Å². The Morgan fingerprint density at radius 2 is 2.04 bits per heavy atom. The number of nitrogens with one attached hydrogen (secondary N) is 1. The monoisotopic (exact) mass is 322 g/mol. The van der Waals surface area contributed by atoms with Crippen LogP contribution in [0.5, 0.6) is 5.75 Å². The van der Waals surface area contributed by atoms with Crippen molar-refractivity contribution in [1.29, 1.82) is 0 Å². The number of benzene rings is 2. The number of nitrogens with zero attached hydrogens (tertiary/aromatic N) is 1. The molecule has 124 valence electrons. The van der Waals surface area contributed by atoms with Gasteiger partial charge in [0.1, 0.15) is 11.4 Å². The molecule has 1 heterocycles. The predicted molar refractivity (Wildman–Crippen MR) is 96.3 cm³/mol. The number of para-hydroxylation sites is 1. The molecule has 1 N–H and O–H groups in total. The molecule has 1 atom stereocenters. The Hall–Kier alpha value is -2.75. The van der Waals surface area contributed by atoms with Crippen molar-refractivity contribution in [2.24, 2.45) is 0 Å². The van der Waals surface area contributed by atoms with E-state index in [9.17, 15) is 4.79 Å². The highest BCUT2D eigenvalue weighted by Crippen LogP contribution is 2.38. The van der Waals surface area contributed by atoms with Crippen LogP contribution in [0.3, 0.4) is 0 Å². The van der Waals surface area contributed by atoms with Gasteiger partial charge >= 0.3 is 0 Å². The highest BCUT2D eigenvalue weighted by molar-refractivity contribution is 6.02. The third-order valence-corrected chi connectivity index (χ3v) is 4.34. The molecule has 0 radical (unpaired) electrons. The number of hydrogen-bond donors (Lipinski definition) is 1. The molecule has 1 aliphatic heterocycles. The quantitative estimate of drug-likeness (QED) is 0.846. The number of carbonyl (C=O) groups excluding carboxylic acids is 1. The van der Waals surface area contributed by atoms with Crippen molar-refractivity contribution >= 4 is 11.6 Å². The number of fused-ring (bicyclic) bond motifs is 1. The highest BCUT2D eigenvalue weighted by Gasteiger charge is 2.41. The van der Waals surface area contributed by atoms with Crippen LogP contribution < -0.4 is 10.1 Å². The zero-order chi connectivity index (χ0) is 17.2. The minimum atomic E-state index is -0.674. The standard InChI is InChI=1S/C20H22N2O2/c1-4-13-22-19(23)17-11-6-7-12-18(17)21-20(22,3)15-9-8-10-16(14-15)24-5-2/h4,6-12,14,21H,1,5,13H2,2-3H3. The van der Waals surface area contributed by atoms with Crippen LogP contribution in [0.25, 0.3) is 0 Å². The van der Waals surface area contributed by atoms with Crippen LogP contribution in [0, 0.1) is 0 Å². The minimum absolute atomic E-state index is 0.00596. The average molecular weight is 322 g/mol. The van der Waals surface area contributed by atoms with Gasteiger partial charge in [0, 0.05) is 17.8 Å². The summed E-state index contributed by atoms with van der Waals surface area (Å²) < 4.78 is 5.62. The zero-order valence-corrected chi connectivity index (χ0v) is 14.1. The van der Waals surface area contributed by atoms with E-state index in [-0.39, 0.29) is 5.91 Å². The predicted octanol–water partition coefficient (Wildman–Crippen LogP) is 4.01. The van der Waals surface area contributed by atoms with E-state index in [0.717, 1.165) is 17.0 Å². The Morgan fingerprint density at radius 3 is 2.79 bits per heavy atom. The van der Waals surface area contributed by atoms with Crippen molar-refractivity contribution in [2.45, 2.75) is 19.5 Å². The molecule has 2 aromatic carbocycles. The second kappa shape index (κ2) is 6.40. The maximum absolute atomic E-state index is 13.0. The SMILES string of the molecule is C=CCN1C(=O)c2ccccc2NC1(C)c1cccc(OCC)c1. The van der Waals surface area contributed by atoms with E-state index >= 15 is 0 Å². The number of rotatable bonds is 5. The Morgan fingerprint density at radius 1 is 1.25 bits per heavy atom. The maximum Gasteiger partial charge on any atom is 0.258 e. The lowest BCUT2D eigenvalue weighted by Gasteiger charge is -2.46. The van der Waals surface area contributed by atoms with E-state index in [1.807, 2.05) is 62.4 Å². The lowest BCUT2D eigenvalue weighted by molar-refractivity contribution is 0.0572. The first kappa shape index (κ1) is 16.1. The largest absolute Gasteiger partial charge is 0.494 e. The average Bonchev–Trinajstić information content (AvgIpc) is 2.59. The first-order chi connectivity index (χ1) is 11.6. The third-order valence-electron chi connectivity index (χ3n) is 4.34. The van der Waals surface area contributed by atoms with Gasteiger partial charge < -0.3 is 15.0 Å². The van der Waals surface area contributed by atoms with Crippen molar-refractivity contribution in [3.63, 3.8) is 0 Å². The molecule has 0 fully saturated rings. The molecule has 0 bridgehead atoms. The maximum atomic E-state index is 13.0. The van der Waals surface area contributed by atoms with Crippen LogP contribution in [0.4, 0.5) is 5.69 Å². The van der Waals surface area contributed by atoms with Crippen LogP contribution in [0.2, 0.25) is 0 Å². The number of hydrogen-bond acceptors (Lipinski definition) is 3. The third kappa shape index (κ3) is 2.64. The summed E-state index contributed by atoms with van der Waals surface area (Å²) in [4.78, 5) is 14.8. The summed E-state index contributed by atoms with van der Waals surface area (Å²) in [6.45, 7) is 8.83.